The van der Waals surface area contributed by atoms with Crippen LogP contribution in [0.5, 0.6) is 5.75 Å². The first-order chi connectivity index (χ1) is 23.2. The lowest BCUT2D eigenvalue weighted by atomic mass is 9.90. The van der Waals surface area contributed by atoms with Crippen molar-refractivity contribution < 1.29 is 70.4 Å². The summed E-state index contributed by atoms with van der Waals surface area (Å²) in [5, 5.41) is 0. The number of halogens is 3. The molecule has 0 bridgehead atoms. The van der Waals surface area contributed by atoms with E-state index < -0.39 is 96.1 Å². The van der Waals surface area contributed by atoms with Gasteiger partial charge in [0.2, 0.25) is 12.4 Å². The normalized spacial score (nSPS) is 25.2. The van der Waals surface area contributed by atoms with Crippen LogP contribution in [0.2, 0.25) is 0 Å². The number of carbonyl (C=O) groups excluding carboxylic acids is 6. The number of nitrogens with two attached hydrogens (primary N) is 1. The predicted molar refractivity (Wildman–Crippen MR) is 163 cm³/mol. The predicted octanol–water partition coefficient (Wildman–Crippen LogP) is 3.06. The monoisotopic (exact) mass is 709 g/mol. The van der Waals surface area contributed by atoms with Crippen LogP contribution in [0, 0.1) is 0 Å². The summed E-state index contributed by atoms with van der Waals surface area (Å²) in [6.45, 7) is 5.26. The summed E-state index contributed by atoms with van der Waals surface area (Å²) in [7, 11) is 1.31. The molecule has 0 aromatic heterocycles. The zero-order chi connectivity index (χ0) is 37.3. The third-order valence-corrected chi connectivity index (χ3v) is 7.99. The van der Waals surface area contributed by atoms with Gasteiger partial charge in [0.1, 0.15) is 24.0 Å². The number of nitrogen functional groups attached to an aromatic ring is 1. The van der Waals surface area contributed by atoms with Crippen molar-refractivity contribution in [3.8, 4) is 5.75 Å². The van der Waals surface area contributed by atoms with Crippen LogP contribution >= 0.6 is 0 Å². The van der Waals surface area contributed by atoms with E-state index in [4.69, 9.17) is 34.2 Å². The van der Waals surface area contributed by atoms with E-state index in [0.29, 0.717) is 11.0 Å². The molecule has 18 heteroatoms. The number of rotatable bonds is 9. The van der Waals surface area contributed by atoms with Gasteiger partial charge in [-0.15, -0.1) is 0 Å². The summed E-state index contributed by atoms with van der Waals surface area (Å²) >= 11 is 0. The Morgan fingerprint density at radius 3 is 1.96 bits per heavy atom. The maximum atomic E-state index is 13.8. The second-order valence-electron chi connectivity index (χ2n) is 11.5. The highest BCUT2D eigenvalue weighted by Gasteiger charge is 2.55. The van der Waals surface area contributed by atoms with Crippen LogP contribution in [0.4, 0.5) is 29.3 Å². The molecule has 2 heterocycles. The molecular weight excluding hydrogens is 675 g/mol. The summed E-state index contributed by atoms with van der Waals surface area (Å²) in [4.78, 5) is 76.5. The molecule has 0 spiro atoms. The van der Waals surface area contributed by atoms with Crippen LogP contribution in [0.15, 0.2) is 42.5 Å². The molecule has 4 rings (SSSR count). The number of amides is 3. The second kappa shape index (κ2) is 14.2. The second-order valence-corrected chi connectivity index (χ2v) is 11.5. The molecule has 270 valence electrons. The molecule has 2 aliphatic rings. The van der Waals surface area contributed by atoms with Crippen molar-refractivity contribution in [3.05, 3.63) is 53.6 Å². The fourth-order valence-corrected chi connectivity index (χ4v) is 5.54. The summed E-state index contributed by atoms with van der Waals surface area (Å²) in [6.07, 6.45) is -12.0. The van der Waals surface area contributed by atoms with Gasteiger partial charge < -0.3 is 39.1 Å². The van der Waals surface area contributed by atoms with E-state index in [0.717, 1.165) is 44.7 Å². The van der Waals surface area contributed by atoms with Crippen molar-refractivity contribution in [2.75, 3.05) is 24.3 Å². The van der Waals surface area contributed by atoms with Crippen molar-refractivity contribution in [2.45, 2.75) is 77.0 Å². The number of imide groups is 1. The Hall–Kier alpha value is -5.39. The molecule has 2 saturated heterocycles. The molecule has 2 aliphatic heterocycles. The van der Waals surface area contributed by atoms with E-state index >= 15 is 0 Å². The van der Waals surface area contributed by atoms with Gasteiger partial charge in [-0.3, -0.25) is 24.0 Å². The first kappa shape index (κ1) is 37.4. The summed E-state index contributed by atoms with van der Waals surface area (Å²) in [5.41, 5.74) is 1.91. The first-order valence-electron chi connectivity index (χ1n) is 14.9. The van der Waals surface area contributed by atoms with Crippen LogP contribution in [0.3, 0.4) is 0 Å². The Labute approximate surface area is 283 Å². The molecule has 0 radical (unpaired) electrons. The van der Waals surface area contributed by atoms with Crippen LogP contribution < -0.4 is 15.4 Å². The Morgan fingerprint density at radius 1 is 0.860 bits per heavy atom. The number of hydrogen-bond donors (Lipinski definition) is 1. The smallest absolute Gasteiger partial charge is 0.418 e. The summed E-state index contributed by atoms with van der Waals surface area (Å²) < 4.78 is 73.7. The number of ether oxygens (including phenoxy) is 6. The average Bonchev–Trinajstić information content (AvgIpc) is 3.18. The molecule has 6 atom stereocenters. The lowest BCUT2D eigenvalue weighted by molar-refractivity contribution is -0.288. The van der Waals surface area contributed by atoms with Crippen molar-refractivity contribution in [2.24, 2.45) is 0 Å². The molecule has 50 heavy (non-hydrogen) atoms. The third-order valence-electron chi connectivity index (χ3n) is 7.99. The van der Waals surface area contributed by atoms with Crippen LogP contribution in [-0.2, 0) is 59.4 Å². The number of esters is 4. The van der Waals surface area contributed by atoms with Gasteiger partial charge in [-0.05, 0) is 42.8 Å². The van der Waals surface area contributed by atoms with Gasteiger partial charge in [-0.1, -0.05) is 12.1 Å². The summed E-state index contributed by atoms with van der Waals surface area (Å²) in [6, 6.07) is 7.37. The Bertz CT molecular complexity index is 1680. The molecule has 2 N–H and O–H groups in total. The average molecular weight is 710 g/mol. The maximum Gasteiger partial charge on any atom is 0.418 e. The fourth-order valence-electron chi connectivity index (χ4n) is 5.54. The highest BCUT2D eigenvalue weighted by atomic mass is 19.4. The van der Waals surface area contributed by atoms with Crippen molar-refractivity contribution in [1.82, 2.24) is 4.90 Å². The number of hydrogen-bond acceptors (Lipinski definition) is 13. The van der Waals surface area contributed by atoms with Gasteiger partial charge in [0.15, 0.2) is 12.2 Å². The molecule has 2 fully saturated rings. The molecule has 2 aromatic carbocycles. The molecular formula is C32H34F3N3O12. The minimum Gasteiger partial charge on any atom is -0.463 e. The first-order valence-corrected chi connectivity index (χ1v) is 14.9. The molecule has 0 saturated carbocycles. The SMILES string of the molecule is CC(=O)OC[C@H]1O[C@@H](Oc2ccc([C@]3(C)C(=O)N(c4ccc(N)c(C(F)(F)F)c4)C(=O)N3C)cc2)[C@H](OC(C)=O)[C@@H](OC(C)=O)[C@@H]1OC(C)=O. The minimum atomic E-state index is -4.84. The number of likely N-dealkylation sites (N-methyl/N-ethyl adjacent to an activating group) is 1. The number of nitrogens with zero attached hydrogens (tertiary/aromatic N) is 2. The highest BCUT2D eigenvalue weighted by Crippen LogP contribution is 2.42. The van der Waals surface area contributed by atoms with Gasteiger partial charge >= 0.3 is 36.1 Å². The topological polar surface area (TPSA) is 190 Å². The van der Waals surface area contributed by atoms with E-state index in [-0.39, 0.29) is 17.0 Å². The highest BCUT2D eigenvalue weighted by molar-refractivity contribution is 6.23. The van der Waals surface area contributed by atoms with Crippen LogP contribution in [-0.4, -0.2) is 85.1 Å². The third kappa shape index (κ3) is 7.59. The molecule has 3 amide bonds. The number of alkyl halides is 3. The van der Waals surface area contributed by atoms with Gasteiger partial charge in [-0.2, -0.15) is 13.2 Å². The van der Waals surface area contributed by atoms with Crippen LogP contribution in [0.25, 0.3) is 0 Å². The number of carbonyl (C=O) groups is 6. The zero-order valence-corrected chi connectivity index (χ0v) is 27.6. The van der Waals surface area contributed by atoms with Crippen molar-refractivity contribution in [3.63, 3.8) is 0 Å². The molecule has 15 nitrogen and oxygen atoms in total. The number of urea groups is 1. The van der Waals surface area contributed by atoms with Crippen molar-refractivity contribution >= 4 is 47.2 Å². The van der Waals surface area contributed by atoms with Gasteiger partial charge in [-0.25, -0.2) is 9.69 Å². The molecule has 2 aromatic rings. The fraction of sp³-hybridized carbons (Fsp3) is 0.438. The summed E-state index contributed by atoms with van der Waals surface area (Å²) in [5.74, 6) is -4.00. The van der Waals surface area contributed by atoms with E-state index in [2.05, 4.69) is 0 Å². The molecule has 0 aliphatic carbocycles. The Balaban J connectivity index is 1.66. The van der Waals surface area contributed by atoms with Gasteiger partial charge in [0.25, 0.3) is 5.91 Å². The zero-order valence-electron chi connectivity index (χ0n) is 27.6. The van der Waals surface area contributed by atoms with E-state index in [9.17, 15) is 41.9 Å². The lowest BCUT2D eigenvalue weighted by Gasteiger charge is -2.43. The quantitative estimate of drug-likeness (QED) is 0.173. The molecule has 0 unspecified atom stereocenters. The van der Waals surface area contributed by atoms with Gasteiger partial charge in [0.05, 0.1) is 11.3 Å². The lowest BCUT2D eigenvalue weighted by Crippen LogP contribution is -2.63. The Morgan fingerprint density at radius 2 is 1.42 bits per heavy atom. The number of benzene rings is 2. The van der Waals surface area contributed by atoms with E-state index in [1.165, 1.54) is 38.2 Å². The standard InChI is InChI=1S/C32H34F3N3O12/c1-15(39)45-14-24-25(46-16(2)40)26(47-17(3)41)27(48-18(4)42)28(50-24)49-21-10-7-19(8-11-21)31(5)29(43)38(30(44)37(31)6)20-9-12-23(36)22(13-20)32(33,34)35/h7-13,24-28H,14,36H2,1-6H3/t24-,25-,26+,27-,28-,31-/m1/s1. The van der Waals surface area contributed by atoms with Gasteiger partial charge in [0, 0.05) is 40.4 Å². The van der Waals surface area contributed by atoms with Crippen LogP contribution in [0.1, 0.15) is 45.7 Å². The Kier molecular flexibility index (Phi) is 10.6. The number of anilines is 2. The minimum absolute atomic E-state index is 0.0443. The largest absolute Gasteiger partial charge is 0.463 e. The van der Waals surface area contributed by atoms with E-state index in [1.54, 1.807) is 0 Å². The van der Waals surface area contributed by atoms with Crippen molar-refractivity contribution in [1.29, 1.82) is 0 Å². The van der Waals surface area contributed by atoms with E-state index in [1.807, 2.05) is 0 Å². The maximum absolute atomic E-state index is 13.8.